The van der Waals surface area contributed by atoms with E-state index in [0.717, 1.165) is 28.5 Å². The highest BCUT2D eigenvalue weighted by Crippen LogP contribution is 2.32. The van der Waals surface area contributed by atoms with E-state index in [1.54, 1.807) is 11.3 Å². The van der Waals surface area contributed by atoms with Crippen molar-refractivity contribution in [3.05, 3.63) is 69.0 Å². The van der Waals surface area contributed by atoms with Gasteiger partial charge < -0.3 is 14.0 Å². The molecule has 0 bridgehead atoms. The van der Waals surface area contributed by atoms with Crippen LogP contribution in [-0.4, -0.2) is 11.4 Å². The van der Waals surface area contributed by atoms with Crippen LogP contribution < -0.4 is 14.3 Å². The molecule has 25 heavy (non-hydrogen) atoms. The fourth-order valence-electron chi connectivity index (χ4n) is 2.99. The standard InChI is InChI=1S/C20H20N2O2S/c1-13-5-4-6-14(2)19(13)21-20-22(15(3)11-25-20)10-16-7-8-17-18(9-16)24-12-23-17/h4-9,11H,10,12H2,1-3H3. The summed E-state index contributed by atoms with van der Waals surface area (Å²) in [5.74, 6) is 1.63. The zero-order valence-corrected chi connectivity index (χ0v) is 15.4. The number of aromatic nitrogens is 1. The minimum Gasteiger partial charge on any atom is -0.454 e. The molecule has 0 saturated heterocycles. The Morgan fingerprint density at radius 3 is 2.60 bits per heavy atom. The van der Waals surface area contributed by atoms with Crippen molar-refractivity contribution in [2.75, 3.05) is 6.79 Å². The fraction of sp³-hybridized carbons (Fsp3) is 0.250. The first-order valence-electron chi connectivity index (χ1n) is 8.26. The first kappa shape index (κ1) is 16.0. The number of hydrogen-bond donors (Lipinski definition) is 0. The summed E-state index contributed by atoms with van der Waals surface area (Å²) in [6.45, 7) is 7.39. The van der Waals surface area contributed by atoms with E-state index >= 15 is 0 Å². The average Bonchev–Trinajstić information content (AvgIpc) is 3.19. The van der Waals surface area contributed by atoms with E-state index in [9.17, 15) is 0 Å². The lowest BCUT2D eigenvalue weighted by molar-refractivity contribution is 0.174. The molecule has 4 rings (SSSR count). The predicted octanol–water partition coefficient (Wildman–Crippen LogP) is 4.48. The maximum atomic E-state index is 5.49. The van der Waals surface area contributed by atoms with Crippen molar-refractivity contribution in [3.63, 3.8) is 0 Å². The summed E-state index contributed by atoms with van der Waals surface area (Å²) in [4.78, 5) is 5.96. The zero-order chi connectivity index (χ0) is 17.4. The first-order valence-corrected chi connectivity index (χ1v) is 9.14. The van der Waals surface area contributed by atoms with E-state index in [1.807, 2.05) is 6.07 Å². The van der Waals surface area contributed by atoms with Crippen molar-refractivity contribution in [2.24, 2.45) is 4.99 Å². The van der Waals surface area contributed by atoms with Gasteiger partial charge in [0.15, 0.2) is 16.3 Å². The summed E-state index contributed by atoms with van der Waals surface area (Å²) in [7, 11) is 0. The molecule has 1 aromatic heterocycles. The highest BCUT2D eigenvalue weighted by atomic mass is 32.1. The molecule has 0 aliphatic carbocycles. The van der Waals surface area contributed by atoms with Crippen LogP contribution in [0, 0.1) is 20.8 Å². The molecule has 4 nitrogen and oxygen atoms in total. The van der Waals surface area contributed by atoms with Crippen molar-refractivity contribution >= 4 is 17.0 Å². The van der Waals surface area contributed by atoms with Gasteiger partial charge in [-0.15, -0.1) is 11.3 Å². The predicted molar refractivity (Wildman–Crippen MR) is 99.9 cm³/mol. The van der Waals surface area contributed by atoms with Crippen molar-refractivity contribution in [1.29, 1.82) is 0 Å². The SMILES string of the molecule is Cc1cccc(C)c1N=c1scc(C)n1Cc1ccc2c(c1)OCO2. The molecule has 0 saturated carbocycles. The van der Waals surface area contributed by atoms with Crippen LogP contribution in [0.5, 0.6) is 11.5 Å². The third-order valence-corrected chi connectivity index (χ3v) is 5.40. The number of rotatable bonds is 3. The van der Waals surface area contributed by atoms with Gasteiger partial charge in [0, 0.05) is 11.1 Å². The second-order valence-electron chi connectivity index (χ2n) is 6.29. The minimum absolute atomic E-state index is 0.302. The molecule has 0 atom stereocenters. The van der Waals surface area contributed by atoms with Gasteiger partial charge in [-0.3, -0.25) is 0 Å². The Hall–Kier alpha value is -2.53. The van der Waals surface area contributed by atoms with Gasteiger partial charge in [0.05, 0.1) is 12.2 Å². The highest BCUT2D eigenvalue weighted by Gasteiger charge is 2.14. The van der Waals surface area contributed by atoms with Crippen molar-refractivity contribution in [1.82, 2.24) is 4.57 Å². The van der Waals surface area contributed by atoms with E-state index in [-0.39, 0.29) is 0 Å². The Morgan fingerprint density at radius 2 is 1.80 bits per heavy atom. The van der Waals surface area contributed by atoms with Gasteiger partial charge in [-0.1, -0.05) is 24.3 Å². The van der Waals surface area contributed by atoms with Gasteiger partial charge in [-0.2, -0.15) is 0 Å². The van der Waals surface area contributed by atoms with Gasteiger partial charge in [-0.25, -0.2) is 4.99 Å². The van der Waals surface area contributed by atoms with E-state index in [4.69, 9.17) is 14.5 Å². The maximum Gasteiger partial charge on any atom is 0.231 e. The van der Waals surface area contributed by atoms with Crippen LogP contribution in [0.2, 0.25) is 0 Å². The number of aryl methyl sites for hydroxylation is 3. The van der Waals surface area contributed by atoms with Crippen LogP contribution >= 0.6 is 11.3 Å². The third kappa shape index (κ3) is 3.07. The van der Waals surface area contributed by atoms with Crippen LogP contribution in [-0.2, 0) is 6.54 Å². The molecule has 2 aromatic carbocycles. The quantitative estimate of drug-likeness (QED) is 0.696. The number of ether oxygens (including phenoxy) is 2. The molecule has 0 spiro atoms. The number of benzene rings is 2. The van der Waals surface area contributed by atoms with Gasteiger partial charge in [0.2, 0.25) is 6.79 Å². The van der Waals surface area contributed by atoms with Crippen molar-refractivity contribution in [3.8, 4) is 11.5 Å². The summed E-state index contributed by atoms with van der Waals surface area (Å²) < 4.78 is 13.1. The molecule has 1 aliphatic heterocycles. The van der Waals surface area contributed by atoms with Gasteiger partial charge in [-0.05, 0) is 49.6 Å². The topological polar surface area (TPSA) is 35.8 Å². The molecular formula is C20H20N2O2S. The Kier molecular flexibility index (Phi) is 4.09. The monoisotopic (exact) mass is 352 g/mol. The Labute approximate surface area is 151 Å². The van der Waals surface area contributed by atoms with E-state index in [0.29, 0.717) is 6.79 Å². The Bertz CT molecular complexity index is 981. The van der Waals surface area contributed by atoms with E-state index < -0.39 is 0 Å². The number of para-hydroxylation sites is 1. The lowest BCUT2D eigenvalue weighted by atomic mass is 10.1. The largest absolute Gasteiger partial charge is 0.454 e. The molecule has 128 valence electrons. The lowest BCUT2D eigenvalue weighted by Gasteiger charge is -2.08. The van der Waals surface area contributed by atoms with Crippen LogP contribution in [0.3, 0.4) is 0 Å². The number of nitrogens with zero attached hydrogens (tertiary/aromatic N) is 2. The molecule has 5 heteroatoms. The third-order valence-electron chi connectivity index (χ3n) is 4.42. The molecule has 2 heterocycles. The molecule has 0 radical (unpaired) electrons. The van der Waals surface area contributed by atoms with Gasteiger partial charge in [0.1, 0.15) is 0 Å². The molecule has 0 N–H and O–H groups in total. The molecule has 0 amide bonds. The van der Waals surface area contributed by atoms with Crippen molar-refractivity contribution in [2.45, 2.75) is 27.3 Å². The fourth-order valence-corrected chi connectivity index (χ4v) is 3.88. The number of thiazole rings is 1. The lowest BCUT2D eigenvalue weighted by Crippen LogP contribution is -2.17. The Morgan fingerprint density at radius 1 is 1.04 bits per heavy atom. The smallest absolute Gasteiger partial charge is 0.231 e. The highest BCUT2D eigenvalue weighted by molar-refractivity contribution is 7.07. The minimum atomic E-state index is 0.302. The second-order valence-corrected chi connectivity index (χ2v) is 7.12. The summed E-state index contributed by atoms with van der Waals surface area (Å²) in [5, 5.41) is 2.15. The zero-order valence-electron chi connectivity index (χ0n) is 14.6. The van der Waals surface area contributed by atoms with Crippen LogP contribution in [0.4, 0.5) is 5.69 Å². The average molecular weight is 352 g/mol. The molecule has 0 unspecified atom stereocenters. The van der Waals surface area contributed by atoms with Gasteiger partial charge >= 0.3 is 0 Å². The summed E-state index contributed by atoms with van der Waals surface area (Å²) in [5.41, 5.74) is 5.83. The number of fused-ring (bicyclic) bond motifs is 1. The molecular weight excluding hydrogens is 332 g/mol. The van der Waals surface area contributed by atoms with Crippen LogP contribution in [0.1, 0.15) is 22.4 Å². The second kappa shape index (κ2) is 6.41. The molecule has 3 aromatic rings. The maximum absolute atomic E-state index is 5.49. The van der Waals surface area contributed by atoms with Crippen LogP contribution in [0.25, 0.3) is 0 Å². The summed E-state index contributed by atoms with van der Waals surface area (Å²) in [6.07, 6.45) is 0. The van der Waals surface area contributed by atoms with E-state index in [2.05, 4.69) is 61.1 Å². The summed E-state index contributed by atoms with van der Waals surface area (Å²) >= 11 is 1.67. The van der Waals surface area contributed by atoms with Crippen LogP contribution in [0.15, 0.2) is 46.8 Å². The first-order chi connectivity index (χ1) is 12.1. The molecule has 0 fully saturated rings. The normalized spacial score (nSPS) is 13.5. The van der Waals surface area contributed by atoms with E-state index in [1.165, 1.54) is 22.4 Å². The molecule has 1 aliphatic rings. The Balaban J connectivity index is 1.74. The number of hydrogen-bond acceptors (Lipinski definition) is 4. The van der Waals surface area contributed by atoms with Crippen molar-refractivity contribution < 1.29 is 9.47 Å². The van der Waals surface area contributed by atoms with Gasteiger partial charge in [0.25, 0.3) is 0 Å². The summed E-state index contributed by atoms with van der Waals surface area (Å²) in [6, 6.07) is 12.4.